The maximum Gasteiger partial charge on any atom is 0.332 e. The molecule has 0 aromatic heterocycles. The monoisotopic (exact) mass is 225 g/mol. The van der Waals surface area contributed by atoms with Gasteiger partial charge in [-0.15, -0.1) is 12.3 Å². The van der Waals surface area contributed by atoms with Gasteiger partial charge in [-0.2, -0.15) is 0 Å². The van der Waals surface area contributed by atoms with Crippen LogP contribution in [0.25, 0.3) is 0 Å². The molecule has 1 fully saturated rings. The number of unbranched alkanes of at least 4 members (excludes halogenated alkanes) is 1. The Morgan fingerprint density at radius 3 is 2.69 bits per heavy atom. The van der Waals surface area contributed by atoms with E-state index in [1.54, 1.807) is 0 Å². The summed E-state index contributed by atoms with van der Waals surface area (Å²) in [6.45, 7) is 0.501. The molecule has 0 aliphatic carbocycles. The zero-order valence-electron chi connectivity index (χ0n) is 8.94. The highest BCUT2D eigenvalue weighted by Crippen LogP contribution is 2.19. The van der Waals surface area contributed by atoms with E-state index >= 15 is 0 Å². The molecule has 1 amide bonds. The number of hydrogen-bond donors (Lipinski definition) is 2. The molecular weight excluding hydrogens is 210 g/mol. The number of ether oxygens (including phenoxy) is 1. The molecule has 0 aromatic rings. The number of carboxylic acids is 1. The van der Waals surface area contributed by atoms with Crippen LogP contribution in [0.5, 0.6) is 0 Å². The number of hydrogen-bond acceptors (Lipinski definition) is 3. The van der Waals surface area contributed by atoms with Crippen LogP contribution >= 0.6 is 0 Å². The van der Waals surface area contributed by atoms with E-state index in [0.29, 0.717) is 25.8 Å². The molecule has 1 saturated heterocycles. The second kappa shape index (κ2) is 6.13. The van der Waals surface area contributed by atoms with Crippen molar-refractivity contribution in [1.82, 2.24) is 5.32 Å². The van der Waals surface area contributed by atoms with E-state index in [9.17, 15) is 9.59 Å². The van der Waals surface area contributed by atoms with Crippen molar-refractivity contribution in [3.05, 3.63) is 0 Å². The molecule has 2 N–H and O–H groups in total. The minimum Gasteiger partial charge on any atom is -0.479 e. The maximum absolute atomic E-state index is 11.5. The van der Waals surface area contributed by atoms with Crippen molar-refractivity contribution < 1.29 is 19.4 Å². The van der Waals surface area contributed by atoms with Crippen LogP contribution < -0.4 is 5.32 Å². The molecule has 0 spiro atoms. The van der Waals surface area contributed by atoms with Crippen molar-refractivity contribution in [2.45, 2.75) is 37.9 Å². The van der Waals surface area contributed by atoms with Gasteiger partial charge in [0.1, 0.15) is 6.10 Å². The van der Waals surface area contributed by atoms with Crippen LogP contribution in [0.3, 0.4) is 0 Å². The van der Waals surface area contributed by atoms with Gasteiger partial charge in [-0.25, -0.2) is 4.79 Å². The number of terminal acetylenes is 1. The summed E-state index contributed by atoms with van der Waals surface area (Å²) >= 11 is 0. The van der Waals surface area contributed by atoms with Crippen molar-refractivity contribution in [3.8, 4) is 12.3 Å². The molecule has 2 atom stereocenters. The van der Waals surface area contributed by atoms with E-state index < -0.39 is 18.2 Å². The Balaban J connectivity index is 2.23. The second-order valence-electron chi connectivity index (χ2n) is 3.63. The van der Waals surface area contributed by atoms with Crippen LogP contribution in [0.4, 0.5) is 0 Å². The van der Waals surface area contributed by atoms with Gasteiger partial charge in [0, 0.05) is 13.0 Å². The number of carbonyl (C=O) groups is 2. The topological polar surface area (TPSA) is 75.6 Å². The smallest absolute Gasteiger partial charge is 0.332 e. The summed E-state index contributed by atoms with van der Waals surface area (Å²) in [6.07, 6.45) is 5.77. The van der Waals surface area contributed by atoms with Crippen molar-refractivity contribution in [3.63, 3.8) is 0 Å². The summed E-state index contributed by atoms with van der Waals surface area (Å²) in [7, 11) is 0. The molecule has 5 heteroatoms. The normalized spacial score (nSPS) is 23.7. The molecule has 0 bridgehead atoms. The Hall–Kier alpha value is -1.54. The average molecular weight is 225 g/mol. The number of nitrogens with one attached hydrogen (secondary N) is 1. The van der Waals surface area contributed by atoms with Crippen LogP contribution in [0.15, 0.2) is 0 Å². The Morgan fingerprint density at radius 2 is 2.12 bits per heavy atom. The van der Waals surface area contributed by atoms with Crippen molar-refractivity contribution in [2.24, 2.45) is 0 Å². The summed E-state index contributed by atoms with van der Waals surface area (Å²) in [5.41, 5.74) is 0. The first kappa shape index (κ1) is 12.5. The number of carboxylic acid groups (broad SMARTS) is 1. The minimum absolute atomic E-state index is 0.249. The van der Waals surface area contributed by atoms with E-state index in [1.807, 2.05) is 0 Å². The zero-order valence-corrected chi connectivity index (χ0v) is 8.94. The minimum atomic E-state index is -1.01. The van der Waals surface area contributed by atoms with Gasteiger partial charge in [0.2, 0.25) is 5.91 Å². The standard InChI is InChI=1S/C11H15NO4/c1-2-3-4-7-12-10(13)8-5-6-9(16-8)11(14)15/h1,8-9H,3-7H2,(H,12,13)(H,14,15)/t8-,9+/m0/s1. The fraction of sp³-hybridized carbons (Fsp3) is 0.636. The highest BCUT2D eigenvalue weighted by Gasteiger charge is 2.34. The van der Waals surface area contributed by atoms with E-state index in [1.165, 1.54) is 0 Å². The first-order valence-electron chi connectivity index (χ1n) is 5.24. The molecule has 1 aliphatic heterocycles. The number of carbonyl (C=O) groups excluding carboxylic acids is 1. The van der Waals surface area contributed by atoms with Gasteiger partial charge in [-0.05, 0) is 19.3 Å². The Kier molecular flexibility index (Phi) is 4.80. The molecule has 5 nitrogen and oxygen atoms in total. The van der Waals surface area contributed by atoms with Crippen LogP contribution in [-0.2, 0) is 14.3 Å². The van der Waals surface area contributed by atoms with Gasteiger partial charge in [-0.3, -0.25) is 4.79 Å². The van der Waals surface area contributed by atoms with E-state index in [2.05, 4.69) is 11.2 Å². The summed E-state index contributed by atoms with van der Waals surface area (Å²) in [6, 6.07) is 0. The molecule has 16 heavy (non-hydrogen) atoms. The van der Waals surface area contributed by atoms with Crippen LogP contribution in [0.2, 0.25) is 0 Å². The summed E-state index contributed by atoms with van der Waals surface area (Å²) in [5.74, 6) is 1.21. The summed E-state index contributed by atoms with van der Waals surface area (Å²) < 4.78 is 5.09. The molecule has 88 valence electrons. The van der Waals surface area contributed by atoms with Gasteiger partial charge < -0.3 is 15.2 Å². The van der Waals surface area contributed by atoms with Gasteiger partial charge >= 0.3 is 5.97 Å². The molecule has 0 radical (unpaired) electrons. The SMILES string of the molecule is C#CCCCNC(=O)[C@@H]1CC[C@H](C(=O)O)O1. The lowest BCUT2D eigenvalue weighted by Gasteiger charge is -2.11. The van der Waals surface area contributed by atoms with E-state index in [4.69, 9.17) is 16.3 Å². The largest absolute Gasteiger partial charge is 0.479 e. The first-order valence-corrected chi connectivity index (χ1v) is 5.24. The van der Waals surface area contributed by atoms with Gasteiger partial charge in [-0.1, -0.05) is 0 Å². The number of amides is 1. The van der Waals surface area contributed by atoms with Gasteiger partial charge in [0.05, 0.1) is 0 Å². The third kappa shape index (κ3) is 3.55. The number of rotatable bonds is 5. The Labute approximate surface area is 94.2 Å². The van der Waals surface area contributed by atoms with Crippen LogP contribution in [0, 0.1) is 12.3 Å². The second-order valence-corrected chi connectivity index (χ2v) is 3.63. The van der Waals surface area contributed by atoms with E-state index in [-0.39, 0.29) is 5.91 Å². The first-order chi connectivity index (χ1) is 7.65. The van der Waals surface area contributed by atoms with Gasteiger partial charge in [0.25, 0.3) is 0 Å². The molecular formula is C11H15NO4. The Morgan fingerprint density at radius 1 is 1.44 bits per heavy atom. The molecule has 0 aromatic carbocycles. The molecule has 1 aliphatic rings. The molecule has 0 saturated carbocycles. The lowest BCUT2D eigenvalue weighted by Crippen LogP contribution is -2.36. The molecule has 1 rings (SSSR count). The van der Waals surface area contributed by atoms with Crippen LogP contribution in [0.1, 0.15) is 25.7 Å². The quantitative estimate of drug-likeness (QED) is 0.516. The predicted molar refractivity (Wildman–Crippen MR) is 56.6 cm³/mol. The van der Waals surface area contributed by atoms with Gasteiger partial charge in [0.15, 0.2) is 6.10 Å². The van der Waals surface area contributed by atoms with Crippen molar-refractivity contribution >= 4 is 11.9 Å². The molecule has 1 heterocycles. The lowest BCUT2D eigenvalue weighted by atomic mass is 10.2. The highest BCUT2D eigenvalue weighted by atomic mass is 16.5. The van der Waals surface area contributed by atoms with Crippen LogP contribution in [-0.4, -0.2) is 35.7 Å². The number of aliphatic carboxylic acids is 1. The Bertz CT molecular complexity index is 308. The molecule has 0 unspecified atom stereocenters. The third-order valence-electron chi connectivity index (χ3n) is 2.38. The average Bonchev–Trinajstić information content (AvgIpc) is 2.73. The van der Waals surface area contributed by atoms with Crippen molar-refractivity contribution in [1.29, 1.82) is 0 Å². The van der Waals surface area contributed by atoms with E-state index in [0.717, 1.165) is 6.42 Å². The lowest BCUT2D eigenvalue weighted by molar-refractivity contribution is -0.151. The summed E-state index contributed by atoms with van der Waals surface area (Å²) in [4.78, 5) is 22.1. The zero-order chi connectivity index (χ0) is 12.0. The van der Waals surface area contributed by atoms with Crippen molar-refractivity contribution in [2.75, 3.05) is 6.54 Å². The fourth-order valence-corrected chi connectivity index (χ4v) is 1.53. The third-order valence-corrected chi connectivity index (χ3v) is 2.38. The summed E-state index contributed by atoms with van der Waals surface area (Å²) in [5, 5.41) is 11.3. The predicted octanol–water partition coefficient (Wildman–Crippen LogP) is 0.148. The fourth-order valence-electron chi connectivity index (χ4n) is 1.53. The maximum atomic E-state index is 11.5. The highest BCUT2D eigenvalue weighted by molar-refractivity contribution is 5.82.